The molecule has 1 aromatic heterocycles. The third-order valence-corrected chi connectivity index (χ3v) is 2.68. The second-order valence-electron chi connectivity index (χ2n) is 3.98. The van der Waals surface area contributed by atoms with E-state index in [1.807, 2.05) is 4.90 Å². The molecule has 8 heteroatoms. The number of likely N-dealkylation sites (N-methyl/N-ethyl adjacent to an activating group) is 1. The highest BCUT2D eigenvalue weighted by Crippen LogP contribution is 2.31. The van der Waals surface area contributed by atoms with E-state index >= 15 is 0 Å². The number of carbonyl (C=O) groups is 1. The van der Waals surface area contributed by atoms with Crippen LogP contribution in [-0.2, 0) is 19.3 Å². The Morgan fingerprint density at radius 1 is 1.41 bits per heavy atom. The van der Waals surface area contributed by atoms with Gasteiger partial charge in [-0.15, -0.1) is 0 Å². The molecule has 1 aliphatic rings. The Balaban J connectivity index is 2.58. The minimum Gasteiger partial charge on any atom is -0.364 e. The summed E-state index contributed by atoms with van der Waals surface area (Å²) >= 11 is 0. The number of rotatable bonds is 1. The number of nitrogens with zero attached hydrogens (tertiary/aromatic N) is 3. The van der Waals surface area contributed by atoms with Gasteiger partial charge in [-0.2, -0.15) is 13.2 Å². The summed E-state index contributed by atoms with van der Waals surface area (Å²) in [5.74, 6) is -1.98. The second kappa shape index (κ2) is 3.73. The zero-order valence-corrected chi connectivity index (χ0v) is 9.08. The molecule has 0 bridgehead atoms. The molecule has 0 saturated carbocycles. The standard InChI is InChI=1S/C9H11F3N4O/c1-15-2-3-16-5(4-15)6(7(13)17)14-8(16)9(10,11)12/h2-4H2,1H3,(H2,13,17). The average molecular weight is 248 g/mol. The minimum atomic E-state index is -4.57. The zero-order valence-electron chi connectivity index (χ0n) is 9.08. The maximum atomic E-state index is 12.7. The maximum Gasteiger partial charge on any atom is 0.449 e. The van der Waals surface area contributed by atoms with E-state index in [4.69, 9.17) is 5.73 Å². The number of halogens is 3. The number of alkyl halides is 3. The summed E-state index contributed by atoms with van der Waals surface area (Å²) < 4.78 is 39.1. The van der Waals surface area contributed by atoms with Gasteiger partial charge in [0, 0.05) is 19.6 Å². The molecule has 2 N–H and O–H groups in total. The Hall–Kier alpha value is -1.57. The van der Waals surface area contributed by atoms with Crippen molar-refractivity contribution in [2.75, 3.05) is 13.6 Å². The molecule has 17 heavy (non-hydrogen) atoms. The summed E-state index contributed by atoms with van der Waals surface area (Å²) in [6, 6.07) is 0. The number of aromatic nitrogens is 2. The third-order valence-electron chi connectivity index (χ3n) is 2.68. The number of hydrogen-bond donors (Lipinski definition) is 1. The number of amides is 1. The molecule has 0 aliphatic carbocycles. The summed E-state index contributed by atoms with van der Waals surface area (Å²) in [5.41, 5.74) is 4.99. The van der Waals surface area contributed by atoms with Gasteiger partial charge in [-0.25, -0.2) is 4.98 Å². The number of carbonyl (C=O) groups excluding carboxylic acids is 1. The Morgan fingerprint density at radius 2 is 2.06 bits per heavy atom. The van der Waals surface area contributed by atoms with Crippen LogP contribution in [0.4, 0.5) is 13.2 Å². The predicted octanol–water partition coefficient (Wildman–Crippen LogP) is 0.446. The number of hydrogen-bond acceptors (Lipinski definition) is 3. The summed E-state index contributed by atoms with van der Waals surface area (Å²) in [6.07, 6.45) is -4.57. The third kappa shape index (κ3) is 1.99. The van der Waals surface area contributed by atoms with Crippen molar-refractivity contribution in [3.05, 3.63) is 17.2 Å². The molecule has 0 unspecified atom stereocenters. The van der Waals surface area contributed by atoms with Crippen molar-refractivity contribution in [1.29, 1.82) is 0 Å². The summed E-state index contributed by atoms with van der Waals surface area (Å²) in [6.45, 7) is 0.868. The molecule has 0 fully saturated rings. The van der Waals surface area contributed by atoms with Gasteiger partial charge in [0.1, 0.15) is 0 Å². The molecule has 0 aromatic carbocycles. The summed E-state index contributed by atoms with van der Waals surface area (Å²) in [5, 5.41) is 0. The number of fused-ring (bicyclic) bond motifs is 1. The van der Waals surface area contributed by atoms with Crippen molar-refractivity contribution >= 4 is 5.91 Å². The van der Waals surface area contributed by atoms with Crippen molar-refractivity contribution in [3.8, 4) is 0 Å². The normalized spacial score (nSPS) is 16.9. The van der Waals surface area contributed by atoms with Crippen molar-refractivity contribution in [2.45, 2.75) is 19.3 Å². The zero-order chi connectivity index (χ0) is 12.8. The molecule has 0 saturated heterocycles. The molecule has 2 rings (SSSR count). The van der Waals surface area contributed by atoms with E-state index in [0.717, 1.165) is 4.57 Å². The van der Waals surface area contributed by atoms with Gasteiger partial charge in [-0.05, 0) is 7.05 Å². The fourth-order valence-electron chi connectivity index (χ4n) is 1.91. The van der Waals surface area contributed by atoms with Crippen LogP contribution in [0.5, 0.6) is 0 Å². The van der Waals surface area contributed by atoms with Crippen LogP contribution in [0.15, 0.2) is 0 Å². The lowest BCUT2D eigenvalue weighted by molar-refractivity contribution is -0.147. The van der Waals surface area contributed by atoms with Crippen molar-refractivity contribution in [2.24, 2.45) is 5.73 Å². The largest absolute Gasteiger partial charge is 0.449 e. The molecule has 1 amide bonds. The predicted molar refractivity (Wildman–Crippen MR) is 52.1 cm³/mol. The fourth-order valence-corrected chi connectivity index (χ4v) is 1.91. The van der Waals surface area contributed by atoms with Gasteiger partial charge in [-0.1, -0.05) is 0 Å². The van der Waals surface area contributed by atoms with Crippen LogP contribution in [-0.4, -0.2) is 34.0 Å². The van der Waals surface area contributed by atoms with Gasteiger partial charge in [0.2, 0.25) is 5.82 Å². The molecular formula is C9H11F3N4O. The molecule has 2 heterocycles. The molecule has 0 atom stereocenters. The Bertz CT molecular complexity index is 466. The molecule has 94 valence electrons. The van der Waals surface area contributed by atoms with E-state index in [1.54, 1.807) is 7.05 Å². The molecular weight excluding hydrogens is 237 g/mol. The number of primary amides is 1. The molecule has 0 radical (unpaired) electrons. The molecule has 5 nitrogen and oxygen atoms in total. The van der Waals surface area contributed by atoms with Crippen molar-refractivity contribution in [3.63, 3.8) is 0 Å². The maximum absolute atomic E-state index is 12.7. The van der Waals surface area contributed by atoms with E-state index in [0.29, 0.717) is 6.54 Å². The highest BCUT2D eigenvalue weighted by molar-refractivity contribution is 5.92. The topological polar surface area (TPSA) is 64.2 Å². The monoisotopic (exact) mass is 248 g/mol. The lowest BCUT2D eigenvalue weighted by atomic mass is 10.2. The lowest BCUT2D eigenvalue weighted by Gasteiger charge is -2.25. The van der Waals surface area contributed by atoms with E-state index < -0.39 is 17.9 Å². The highest BCUT2D eigenvalue weighted by Gasteiger charge is 2.40. The van der Waals surface area contributed by atoms with Gasteiger partial charge in [0.25, 0.3) is 5.91 Å². The van der Waals surface area contributed by atoms with E-state index in [2.05, 4.69) is 4.98 Å². The Kier molecular flexibility index (Phi) is 2.61. The first kappa shape index (κ1) is 11.9. The Labute approximate surface area is 95.0 Å². The minimum absolute atomic E-state index is 0.154. The first-order valence-corrected chi connectivity index (χ1v) is 4.95. The second-order valence-corrected chi connectivity index (χ2v) is 3.98. The SMILES string of the molecule is CN1CCn2c(C(F)(F)F)nc(C(N)=O)c2C1. The van der Waals surface area contributed by atoms with E-state index in [1.165, 1.54) is 0 Å². The van der Waals surface area contributed by atoms with Gasteiger partial charge in [-0.3, -0.25) is 9.69 Å². The van der Waals surface area contributed by atoms with Gasteiger partial charge >= 0.3 is 6.18 Å². The van der Waals surface area contributed by atoms with Crippen LogP contribution in [0.25, 0.3) is 0 Å². The molecule has 1 aromatic rings. The quantitative estimate of drug-likeness (QED) is 0.784. The fraction of sp³-hybridized carbons (Fsp3) is 0.556. The van der Waals surface area contributed by atoms with Crippen LogP contribution < -0.4 is 5.73 Å². The van der Waals surface area contributed by atoms with Gasteiger partial charge in [0.05, 0.1) is 5.69 Å². The lowest BCUT2D eigenvalue weighted by Crippen LogP contribution is -2.33. The highest BCUT2D eigenvalue weighted by atomic mass is 19.4. The van der Waals surface area contributed by atoms with E-state index in [9.17, 15) is 18.0 Å². The molecule has 1 aliphatic heterocycles. The van der Waals surface area contributed by atoms with Crippen LogP contribution in [0, 0.1) is 0 Å². The Morgan fingerprint density at radius 3 is 2.59 bits per heavy atom. The first-order chi connectivity index (χ1) is 7.80. The smallest absolute Gasteiger partial charge is 0.364 e. The number of nitrogens with two attached hydrogens (primary N) is 1. The van der Waals surface area contributed by atoms with Gasteiger partial charge in [0.15, 0.2) is 5.69 Å². The van der Waals surface area contributed by atoms with Crippen molar-refractivity contribution in [1.82, 2.24) is 14.5 Å². The van der Waals surface area contributed by atoms with Crippen molar-refractivity contribution < 1.29 is 18.0 Å². The van der Waals surface area contributed by atoms with Gasteiger partial charge < -0.3 is 10.3 Å². The first-order valence-electron chi connectivity index (χ1n) is 4.95. The number of imidazole rings is 1. The summed E-state index contributed by atoms with van der Waals surface area (Å²) in [4.78, 5) is 16.2. The van der Waals surface area contributed by atoms with Crippen LogP contribution in [0.2, 0.25) is 0 Å². The average Bonchev–Trinajstić information content (AvgIpc) is 2.55. The van der Waals surface area contributed by atoms with Crippen LogP contribution >= 0.6 is 0 Å². The van der Waals surface area contributed by atoms with Crippen LogP contribution in [0.1, 0.15) is 22.0 Å². The van der Waals surface area contributed by atoms with E-state index in [-0.39, 0.29) is 24.5 Å². The summed E-state index contributed by atoms with van der Waals surface area (Å²) in [7, 11) is 1.76. The molecule has 0 spiro atoms. The van der Waals surface area contributed by atoms with Crippen LogP contribution in [0.3, 0.4) is 0 Å².